The van der Waals surface area contributed by atoms with Crippen LogP contribution in [0.25, 0.3) is 0 Å². The average molecular weight is 225 g/mol. The lowest BCUT2D eigenvalue weighted by Gasteiger charge is -2.21. The van der Waals surface area contributed by atoms with E-state index in [2.05, 4.69) is 5.16 Å². The Balaban J connectivity index is 2.22. The van der Waals surface area contributed by atoms with E-state index in [0.717, 1.165) is 22.7 Å². The molecule has 2 rings (SSSR count). The second kappa shape index (κ2) is 3.83. The summed E-state index contributed by atoms with van der Waals surface area (Å²) in [5.74, 6) is 0. The van der Waals surface area contributed by atoms with Crippen molar-refractivity contribution in [1.82, 2.24) is 0 Å². The first-order chi connectivity index (χ1) is 7.14. The number of rotatable bonds is 2. The maximum absolute atomic E-state index is 5.83. The number of hydrogen-bond acceptors (Lipinski definition) is 3. The van der Waals surface area contributed by atoms with Crippen LogP contribution in [0, 0.1) is 0 Å². The molecule has 0 fully saturated rings. The molecule has 0 saturated carbocycles. The van der Waals surface area contributed by atoms with Crippen molar-refractivity contribution in [3.63, 3.8) is 0 Å². The fourth-order valence-corrected chi connectivity index (χ4v) is 1.81. The molecule has 1 aromatic rings. The maximum atomic E-state index is 5.83. The highest BCUT2D eigenvalue weighted by molar-refractivity contribution is 6.30. The Morgan fingerprint density at radius 2 is 2.13 bits per heavy atom. The lowest BCUT2D eigenvalue weighted by molar-refractivity contribution is -0.00738. The van der Waals surface area contributed by atoms with E-state index in [1.54, 1.807) is 0 Å². The second-order valence-corrected chi connectivity index (χ2v) is 4.30. The summed E-state index contributed by atoms with van der Waals surface area (Å²) >= 11 is 5.83. The van der Waals surface area contributed by atoms with Gasteiger partial charge in [-0.25, -0.2) is 0 Å². The van der Waals surface area contributed by atoms with E-state index in [4.69, 9.17) is 22.2 Å². The zero-order valence-electron chi connectivity index (χ0n) is 8.53. The van der Waals surface area contributed by atoms with Gasteiger partial charge in [-0.05, 0) is 24.6 Å². The molecule has 1 heterocycles. The first kappa shape index (κ1) is 10.5. The van der Waals surface area contributed by atoms with Crippen molar-refractivity contribution in [2.24, 2.45) is 10.9 Å². The predicted octanol–water partition coefficient (Wildman–Crippen LogP) is 2.29. The fourth-order valence-electron chi connectivity index (χ4n) is 1.69. The molecule has 0 bridgehead atoms. The minimum Gasteiger partial charge on any atom is -0.384 e. The van der Waals surface area contributed by atoms with Crippen LogP contribution in [0.1, 0.15) is 18.9 Å². The molecule has 1 aliphatic rings. The zero-order chi connectivity index (χ0) is 10.9. The van der Waals surface area contributed by atoms with E-state index in [9.17, 15) is 0 Å². The Morgan fingerprint density at radius 3 is 2.67 bits per heavy atom. The third-order valence-corrected chi connectivity index (χ3v) is 2.86. The minimum absolute atomic E-state index is 0.390. The first-order valence-electron chi connectivity index (χ1n) is 4.84. The molecule has 15 heavy (non-hydrogen) atoms. The van der Waals surface area contributed by atoms with E-state index < -0.39 is 0 Å². The van der Waals surface area contributed by atoms with Gasteiger partial charge < -0.3 is 10.6 Å². The Labute approximate surface area is 93.9 Å². The van der Waals surface area contributed by atoms with Crippen LogP contribution < -0.4 is 5.73 Å². The summed E-state index contributed by atoms with van der Waals surface area (Å²) in [6.45, 7) is 2.45. The molecule has 1 aromatic carbocycles. The smallest absolute Gasteiger partial charge is 0.165 e. The molecule has 0 saturated heterocycles. The molecule has 2 N–H and O–H groups in total. The highest BCUT2D eigenvalue weighted by atomic mass is 35.5. The molecular formula is C11H13ClN2O. The van der Waals surface area contributed by atoms with Crippen LogP contribution in [-0.4, -0.2) is 12.3 Å². The predicted molar refractivity (Wildman–Crippen MR) is 61.0 cm³/mol. The van der Waals surface area contributed by atoms with Gasteiger partial charge in [0.2, 0.25) is 0 Å². The molecule has 0 unspecified atom stereocenters. The first-order valence-corrected chi connectivity index (χ1v) is 5.22. The highest BCUT2D eigenvalue weighted by Gasteiger charge is 2.35. The van der Waals surface area contributed by atoms with Crippen molar-refractivity contribution in [3.8, 4) is 0 Å². The SMILES string of the molecule is C[C@]1(c2ccc(Cl)cc2)CC(CN)=NO1. The zero-order valence-corrected chi connectivity index (χ0v) is 9.29. The van der Waals surface area contributed by atoms with Crippen molar-refractivity contribution in [3.05, 3.63) is 34.9 Å². The van der Waals surface area contributed by atoms with Gasteiger partial charge in [0.15, 0.2) is 5.60 Å². The number of nitrogens with two attached hydrogens (primary N) is 1. The van der Waals surface area contributed by atoms with E-state index in [-0.39, 0.29) is 5.60 Å². The summed E-state index contributed by atoms with van der Waals surface area (Å²) in [5.41, 5.74) is 7.10. The van der Waals surface area contributed by atoms with Gasteiger partial charge in [-0.15, -0.1) is 0 Å². The standard InChI is InChI=1S/C11H13ClN2O/c1-11(6-10(7-13)14-15-11)8-2-4-9(12)5-3-8/h2-5H,6-7,13H2,1H3/t11-/m1/s1. The van der Waals surface area contributed by atoms with E-state index in [0.29, 0.717) is 6.54 Å². The molecular weight excluding hydrogens is 212 g/mol. The molecule has 0 aliphatic carbocycles. The lowest BCUT2D eigenvalue weighted by atomic mass is 9.91. The maximum Gasteiger partial charge on any atom is 0.165 e. The number of nitrogens with zero attached hydrogens (tertiary/aromatic N) is 1. The highest BCUT2D eigenvalue weighted by Crippen LogP contribution is 2.34. The summed E-state index contributed by atoms with van der Waals surface area (Å²) in [4.78, 5) is 5.43. The van der Waals surface area contributed by atoms with E-state index in [1.807, 2.05) is 31.2 Å². The summed E-state index contributed by atoms with van der Waals surface area (Å²) in [5, 5.41) is 4.69. The number of halogens is 1. The quantitative estimate of drug-likeness (QED) is 0.838. The monoisotopic (exact) mass is 224 g/mol. The third kappa shape index (κ3) is 1.98. The Hall–Kier alpha value is -1.06. The molecule has 0 amide bonds. The lowest BCUT2D eigenvalue weighted by Crippen LogP contribution is -2.23. The van der Waals surface area contributed by atoms with Crippen LogP contribution in [0.3, 0.4) is 0 Å². The molecule has 1 atom stereocenters. The fraction of sp³-hybridized carbons (Fsp3) is 0.364. The number of hydrogen-bond donors (Lipinski definition) is 1. The number of benzene rings is 1. The van der Waals surface area contributed by atoms with Crippen LogP contribution in [0.5, 0.6) is 0 Å². The van der Waals surface area contributed by atoms with Gasteiger partial charge in [-0.2, -0.15) is 0 Å². The molecule has 1 aliphatic heterocycles. The molecule has 4 heteroatoms. The van der Waals surface area contributed by atoms with Gasteiger partial charge >= 0.3 is 0 Å². The van der Waals surface area contributed by atoms with Gasteiger partial charge in [-0.3, -0.25) is 0 Å². The molecule has 0 aromatic heterocycles. The second-order valence-electron chi connectivity index (χ2n) is 3.87. The molecule has 3 nitrogen and oxygen atoms in total. The van der Waals surface area contributed by atoms with Crippen LogP contribution in [0.15, 0.2) is 29.4 Å². The summed E-state index contributed by atoms with van der Waals surface area (Å²) in [7, 11) is 0. The van der Waals surface area contributed by atoms with E-state index >= 15 is 0 Å². The largest absolute Gasteiger partial charge is 0.384 e. The van der Waals surface area contributed by atoms with Crippen molar-refractivity contribution >= 4 is 17.3 Å². The average Bonchev–Trinajstić information content (AvgIpc) is 2.62. The van der Waals surface area contributed by atoms with Crippen molar-refractivity contribution in [2.45, 2.75) is 18.9 Å². The normalized spacial score (nSPS) is 24.9. The Kier molecular flexibility index (Phi) is 2.67. The van der Waals surface area contributed by atoms with Crippen LogP contribution in [0.4, 0.5) is 0 Å². The minimum atomic E-state index is -0.390. The Morgan fingerprint density at radius 1 is 1.47 bits per heavy atom. The van der Waals surface area contributed by atoms with Crippen LogP contribution in [-0.2, 0) is 10.4 Å². The van der Waals surface area contributed by atoms with Gasteiger partial charge in [0.05, 0.1) is 5.71 Å². The van der Waals surface area contributed by atoms with Crippen LogP contribution in [0.2, 0.25) is 5.02 Å². The third-order valence-electron chi connectivity index (χ3n) is 2.61. The van der Waals surface area contributed by atoms with Crippen molar-refractivity contribution in [1.29, 1.82) is 0 Å². The summed E-state index contributed by atoms with van der Waals surface area (Å²) in [6.07, 6.45) is 0.741. The van der Waals surface area contributed by atoms with Gasteiger partial charge in [0, 0.05) is 18.0 Å². The van der Waals surface area contributed by atoms with Gasteiger partial charge in [0.1, 0.15) is 0 Å². The molecule has 80 valence electrons. The molecule has 0 radical (unpaired) electrons. The van der Waals surface area contributed by atoms with Crippen molar-refractivity contribution in [2.75, 3.05) is 6.54 Å². The molecule has 0 spiro atoms. The Bertz CT molecular complexity index is 388. The van der Waals surface area contributed by atoms with E-state index in [1.165, 1.54) is 0 Å². The number of oxime groups is 1. The van der Waals surface area contributed by atoms with Gasteiger partial charge in [0.25, 0.3) is 0 Å². The van der Waals surface area contributed by atoms with Gasteiger partial charge in [-0.1, -0.05) is 28.9 Å². The summed E-state index contributed by atoms with van der Waals surface area (Å²) in [6, 6.07) is 7.62. The van der Waals surface area contributed by atoms with Crippen LogP contribution >= 0.6 is 11.6 Å². The topological polar surface area (TPSA) is 47.6 Å². The summed E-state index contributed by atoms with van der Waals surface area (Å²) < 4.78 is 0. The van der Waals surface area contributed by atoms with Crippen molar-refractivity contribution < 1.29 is 4.84 Å².